The van der Waals surface area contributed by atoms with Crippen molar-refractivity contribution in [1.82, 2.24) is 4.90 Å². The van der Waals surface area contributed by atoms with Crippen molar-refractivity contribution in [2.75, 3.05) is 6.54 Å². The van der Waals surface area contributed by atoms with E-state index in [4.69, 9.17) is 18.0 Å². The number of nitrogens with two attached hydrogens (primary N) is 1. The zero-order valence-corrected chi connectivity index (χ0v) is 11.1. The summed E-state index contributed by atoms with van der Waals surface area (Å²) in [5.41, 5.74) is 5.66. The van der Waals surface area contributed by atoms with Crippen LogP contribution in [0.3, 0.4) is 0 Å². The van der Waals surface area contributed by atoms with Crippen molar-refractivity contribution in [3.63, 3.8) is 0 Å². The van der Waals surface area contributed by atoms with Gasteiger partial charge in [0.05, 0.1) is 10.9 Å². The fourth-order valence-electron chi connectivity index (χ4n) is 2.43. The molecular formula is C12H22N2OS. The van der Waals surface area contributed by atoms with Gasteiger partial charge in [-0.2, -0.15) is 0 Å². The molecule has 1 heterocycles. The third-order valence-corrected chi connectivity index (χ3v) is 3.63. The average molecular weight is 242 g/mol. The summed E-state index contributed by atoms with van der Waals surface area (Å²) in [5.74, 6) is -0.0918. The number of rotatable bonds is 5. The molecule has 0 aromatic carbocycles. The maximum Gasteiger partial charge on any atom is 0.232 e. The van der Waals surface area contributed by atoms with Gasteiger partial charge in [0, 0.05) is 12.6 Å². The first-order valence-corrected chi connectivity index (χ1v) is 6.62. The zero-order chi connectivity index (χ0) is 12.1. The smallest absolute Gasteiger partial charge is 0.232 e. The monoisotopic (exact) mass is 242 g/mol. The molecule has 2 atom stereocenters. The minimum atomic E-state index is -0.243. The average Bonchev–Trinajstić information content (AvgIpc) is 2.72. The molecule has 16 heavy (non-hydrogen) atoms. The first kappa shape index (κ1) is 13.4. The first-order chi connectivity index (χ1) is 7.61. The van der Waals surface area contributed by atoms with Crippen molar-refractivity contribution < 1.29 is 4.79 Å². The SMILES string of the molecule is CCCC(C(=O)N1CCCC1CC)C(N)=S. The summed E-state index contributed by atoms with van der Waals surface area (Å²) < 4.78 is 0. The van der Waals surface area contributed by atoms with Crippen LogP contribution in [0.5, 0.6) is 0 Å². The highest BCUT2D eigenvalue weighted by Crippen LogP contribution is 2.23. The number of hydrogen-bond donors (Lipinski definition) is 1. The zero-order valence-electron chi connectivity index (χ0n) is 10.2. The molecule has 3 nitrogen and oxygen atoms in total. The summed E-state index contributed by atoms with van der Waals surface area (Å²) in [4.78, 5) is 14.6. The van der Waals surface area contributed by atoms with Gasteiger partial charge in [0.1, 0.15) is 0 Å². The van der Waals surface area contributed by atoms with Crippen LogP contribution < -0.4 is 5.73 Å². The number of nitrogens with zero attached hydrogens (tertiary/aromatic N) is 1. The second kappa shape index (κ2) is 6.18. The number of hydrogen-bond acceptors (Lipinski definition) is 2. The van der Waals surface area contributed by atoms with Crippen LogP contribution in [-0.2, 0) is 4.79 Å². The largest absolute Gasteiger partial charge is 0.393 e. The molecule has 0 spiro atoms. The van der Waals surface area contributed by atoms with Gasteiger partial charge in [-0.05, 0) is 25.7 Å². The number of amides is 1. The van der Waals surface area contributed by atoms with Crippen LogP contribution in [0, 0.1) is 5.92 Å². The van der Waals surface area contributed by atoms with Crippen LogP contribution >= 0.6 is 12.2 Å². The van der Waals surface area contributed by atoms with Crippen LogP contribution in [-0.4, -0.2) is 28.4 Å². The van der Waals surface area contributed by atoms with Crippen LogP contribution in [0.2, 0.25) is 0 Å². The summed E-state index contributed by atoms with van der Waals surface area (Å²) in [7, 11) is 0. The normalized spacial score (nSPS) is 22.1. The summed E-state index contributed by atoms with van der Waals surface area (Å²) in [6.07, 6.45) is 4.99. The third-order valence-electron chi connectivity index (χ3n) is 3.35. The maximum atomic E-state index is 12.3. The van der Waals surface area contributed by atoms with Gasteiger partial charge in [0.15, 0.2) is 0 Å². The lowest BCUT2D eigenvalue weighted by atomic mass is 10.0. The Morgan fingerprint density at radius 3 is 2.75 bits per heavy atom. The van der Waals surface area contributed by atoms with Crippen LogP contribution in [0.1, 0.15) is 46.0 Å². The van der Waals surface area contributed by atoms with Crippen LogP contribution in [0.15, 0.2) is 0 Å². The minimum Gasteiger partial charge on any atom is -0.393 e. The van der Waals surface area contributed by atoms with E-state index in [1.54, 1.807) is 0 Å². The molecule has 0 saturated carbocycles. The predicted octanol–water partition coefficient (Wildman–Crippen LogP) is 2.09. The fraction of sp³-hybridized carbons (Fsp3) is 0.833. The molecule has 92 valence electrons. The maximum absolute atomic E-state index is 12.3. The summed E-state index contributed by atoms with van der Waals surface area (Å²) in [5, 5.41) is 0. The molecule has 1 aliphatic rings. The summed E-state index contributed by atoms with van der Waals surface area (Å²) in [6, 6.07) is 0.404. The Morgan fingerprint density at radius 2 is 2.25 bits per heavy atom. The molecule has 4 heteroatoms. The molecule has 0 aromatic heterocycles. The summed E-state index contributed by atoms with van der Waals surface area (Å²) in [6.45, 7) is 5.06. The van der Waals surface area contributed by atoms with Gasteiger partial charge in [-0.15, -0.1) is 0 Å². The molecule has 0 aliphatic carbocycles. The number of carbonyl (C=O) groups excluding carboxylic acids is 1. The molecule has 1 rings (SSSR count). The van der Waals surface area contributed by atoms with Crippen molar-refractivity contribution in [2.45, 2.75) is 52.0 Å². The van der Waals surface area contributed by atoms with Gasteiger partial charge in [-0.3, -0.25) is 4.79 Å². The summed E-state index contributed by atoms with van der Waals surface area (Å²) >= 11 is 5.00. The number of likely N-dealkylation sites (tertiary alicyclic amines) is 1. The second-order valence-corrected chi connectivity index (χ2v) is 4.95. The van der Waals surface area contributed by atoms with Crippen molar-refractivity contribution in [3.8, 4) is 0 Å². The standard InChI is InChI=1S/C12H22N2OS/c1-3-6-10(11(13)16)12(15)14-8-5-7-9(14)4-2/h9-10H,3-8H2,1-2H3,(H2,13,16). The van der Waals surface area contributed by atoms with Gasteiger partial charge in [0.25, 0.3) is 0 Å². The highest BCUT2D eigenvalue weighted by atomic mass is 32.1. The molecule has 2 N–H and O–H groups in total. The van der Waals surface area contributed by atoms with E-state index >= 15 is 0 Å². The van der Waals surface area contributed by atoms with Gasteiger partial charge in [-0.1, -0.05) is 32.5 Å². The Hall–Kier alpha value is -0.640. The molecule has 0 radical (unpaired) electrons. The van der Waals surface area contributed by atoms with Crippen molar-refractivity contribution >= 4 is 23.1 Å². The fourth-order valence-corrected chi connectivity index (χ4v) is 2.65. The van der Waals surface area contributed by atoms with Gasteiger partial charge < -0.3 is 10.6 Å². The highest BCUT2D eigenvalue weighted by Gasteiger charge is 2.32. The van der Waals surface area contributed by atoms with E-state index < -0.39 is 0 Å². The Balaban J connectivity index is 2.69. The van der Waals surface area contributed by atoms with E-state index in [0.29, 0.717) is 11.0 Å². The molecule has 1 aliphatic heterocycles. The highest BCUT2D eigenvalue weighted by molar-refractivity contribution is 7.80. The Labute approximate surface area is 103 Å². The van der Waals surface area contributed by atoms with Gasteiger partial charge in [0.2, 0.25) is 5.91 Å². The van der Waals surface area contributed by atoms with Crippen molar-refractivity contribution in [2.24, 2.45) is 11.7 Å². The van der Waals surface area contributed by atoms with Gasteiger partial charge >= 0.3 is 0 Å². The molecular weight excluding hydrogens is 220 g/mol. The Morgan fingerprint density at radius 1 is 1.56 bits per heavy atom. The van der Waals surface area contributed by atoms with Crippen molar-refractivity contribution in [1.29, 1.82) is 0 Å². The number of thiocarbonyl (C=S) groups is 1. The van der Waals surface area contributed by atoms with E-state index in [2.05, 4.69) is 13.8 Å². The molecule has 1 amide bonds. The Kier molecular flexibility index (Phi) is 5.19. The van der Waals surface area contributed by atoms with Crippen LogP contribution in [0.4, 0.5) is 0 Å². The topological polar surface area (TPSA) is 46.3 Å². The lowest BCUT2D eigenvalue weighted by Crippen LogP contribution is -2.43. The lowest BCUT2D eigenvalue weighted by Gasteiger charge is -2.27. The van der Waals surface area contributed by atoms with Crippen molar-refractivity contribution in [3.05, 3.63) is 0 Å². The Bertz CT molecular complexity index is 268. The van der Waals surface area contributed by atoms with E-state index in [-0.39, 0.29) is 11.8 Å². The van der Waals surface area contributed by atoms with E-state index in [1.165, 1.54) is 0 Å². The first-order valence-electron chi connectivity index (χ1n) is 6.21. The molecule has 2 unspecified atom stereocenters. The quantitative estimate of drug-likeness (QED) is 0.751. The molecule has 0 bridgehead atoms. The van der Waals surface area contributed by atoms with E-state index in [1.807, 2.05) is 4.90 Å². The molecule has 1 fully saturated rings. The number of carbonyl (C=O) groups is 1. The second-order valence-electron chi connectivity index (χ2n) is 4.48. The van der Waals surface area contributed by atoms with Crippen LogP contribution in [0.25, 0.3) is 0 Å². The van der Waals surface area contributed by atoms with Gasteiger partial charge in [-0.25, -0.2) is 0 Å². The van der Waals surface area contributed by atoms with E-state index in [0.717, 1.165) is 38.6 Å². The predicted molar refractivity (Wildman–Crippen MR) is 70.2 cm³/mol. The molecule has 1 saturated heterocycles. The third kappa shape index (κ3) is 2.94. The lowest BCUT2D eigenvalue weighted by molar-refractivity contribution is -0.134. The van der Waals surface area contributed by atoms with E-state index in [9.17, 15) is 4.79 Å². The minimum absolute atomic E-state index is 0.152. The molecule has 0 aromatic rings.